The molecule has 0 radical (unpaired) electrons. The fourth-order valence-electron chi connectivity index (χ4n) is 3.21. The molecule has 0 unspecified atom stereocenters. The summed E-state index contributed by atoms with van der Waals surface area (Å²) in [6, 6.07) is 8.47. The van der Waals surface area contributed by atoms with E-state index in [1.807, 2.05) is 12.1 Å². The normalized spacial score (nSPS) is 20.2. The number of carbonyl (C=O) groups excluding carboxylic acids is 2. The van der Waals surface area contributed by atoms with Crippen molar-refractivity contribution in [3.05, 3.63) is 29.3 Å². The van der Waals surface area contributed by atoms with E-state index < -0.39 is 0 Å². The largest absolute Gasteiger partial charge is 0.356 e. The van der Waals surface area contributed by atoms with Gasteiger partial charge in [-0.25, -0.2) is 4.98 Å². The maximum absolute atomic E-state index is 12.0. The van der Waals surface area contributed by atoms with Crippen LogP contribution in [-0.4, -0.2) is 29.4 Å². The maximum atomic E-state index is 12.0. The third-order valence-corrected chi connectivity index (χ3v) is 5.61. The fraction of sp³-hybridized carbons (Fsp3) is 0.500. The standard InChI is InChI=1S/C18H23N3O2S/c1-12(22)19-10-4-7-17(23)20-14-9-8-13(11-14)18-21-15-5-2-3-6-16(15)24-18/h2-3,5-6,13-14H,4,7-11H2,1H3,(H,19,22)(H,20,23)/t13-,14-/m0/s1. The van der Waals surface area contributed by atoms with Gasteiger partial charge in [0.25, 0.3) is 0 Å². The first-order valence-corrected chi connectivity index (χ1v) is 9.33. The number of aromatic nitrogens is 1. The summed E-state index contributed by atoms with van der Waals surface area (Å²) in [5, 5.41) is 7.03. The van der Waals surface area contributed by atoms with E-state index in [0.717, 1.165) is 24.8 Å². The van der Waals surface area contributed by atoms with E-state index in [-0.39, 0.29) is 17.9 Å². The molecule has 1 fully saturated rings. The topological polar surface area (TPSA) is 71.1 Å². The molecule has 2 atom stereocenters. The van der Waals surface area contributed by atoms with Crippen LogP contribution < -0.4 is 10.6 Å². The van der Waals surface area contributed by atoms with Gasteiger partial charge in [-0.3, -0.25) is 9.59 Å². The van der Waals surface area contributed by atoms with Crippen molar-refractivity contribution in [3.63, 3.8) is 0 Å². The minimum atomic E-state index is -0.0510. The Hall–Kier alpha value is -1.95. The average molecular weight is 345 g/mol. The van der Waals surface area contributed by atoms with Crippen molar-refractivity contribution in [3.8, 4) is 0 Å². The number of thiazole rings is 1. The molecule has 3 rings (SSSR count). The Labute approximate surface area is 145 Å². The third kappa shape index (κ3) is 4.32. The van der Waals surface area contributed by atoms with Crippen molar-refractivity contribution in [1.82, 2.24) is 15.6 Å². The third-order valence-electron chi connectivity index (χ3n) is 4.41. The van der Waals surface area contributed by atoms with Crippen LogP contribution in [0.25, 0.3) is 10.2 Å². The van der Waals surface area contributed by atoms with E-state index in [1.54, 1.807) is 11.3 Å². The number of nitrogens with zero attached hydrogens (tertiary/aromatic N) is 1. The second-order valence-corrected chi connectivity index (χ2v) is 7.44. The molecule has 2 aromatic rings. The Balaban J connectivity index is 1.46. The van der Waals surface area contributed by atoms with Crippen LogP contribution in [0, 0.1) is 0 Å². The number of hydrogen-bond acceptors (Lipinski definition) is 4. The molecule has 1 aliphatic rings. The van der Waals surface area contributed by atoms with Crippen molar-refractivity contribution >= 4 is 33.4 Å². The van der Waals surface area contributed by atoms with Gasteiger partial charge >= 0.3 is 0 Å². The molecule has 0 bridgehead atoms. The number of amides is 2. The minimum Gasteiger partial charge on any atom is -0.356 e. The van der Waals surface area contributed by atoms with Gasteiger partial charge in [-0.15, -0.1) is 11.3 Å². The quantitative estimate of drug-likeness (QED) is 0.791. The van der Waals surface area contributed by atoms with Crippen molar-refractivity contribution in [2.24, 2.45) is 0 Å². The summed E-state index contributed by atoms with van der Waals surface area (Å²) < 4.78 is 1.23. The molecular weight excluding hydrogens is 322 g/mol. The van der Waals surface area contributed by atoms with Crippen LogP contribution in [0.15, 0.2) is 24.3 Å². The first-order chi connectivity index (χ1) is 11.6. The second-order valence-electron chi connectivity index (χ2n) is 6.38. The first kappa shape index (κ1) is 16.9. The van der Waals surface area contributed by atoms with Crippen LogP contribution >= 0.6 is 11.3 Å². The molecule has 0 spiro atoms. The molecule has 128 valence electrons. The van der Waals surface area contributed by atoms with Crippen LogP contribution in [0.4, 0.5) is 0 Å². The summed E-state index contributed by atoms with van der Waals surface area (Å²) in [5.41, 5.74) is 1.07. The zero-order chi connectivity index (χ0) is 16.9. The molecule has 2 amide bonds. The highest BCUT2D eigenvalue weighted by molar-refractivity contribution is 7.18. The molecule has 5 nitrogen and oxygen atoms in total. The van der Waals surface area contributed by atoms with Gasteiger partial charge in [0.1, 0.15) is 0 Å². The van der Waals surface area contributed by atoms with Crippen molar-refractivity contribution < 1.29 is 9.59 Å². The predicted molar refractivity (Wildman–Crippen MR) is 96.1 cm³/mol. The molecule has 1 aromatic carbocycles. The van der Waals surface area contributed by atoms with Gasteiger partial charge < -0.3 is 10.6 Å². The summed E-state index contributed by atoms with van der Waals surface area (Å²) in [7, 11) is 0. The molecule has 2 N–H and O–H groups in total. The smallest absolute Gasteiger partial charge is 0.220 e. The Morgan fingerprint density at radius 2 is 2.12 bits per heavy atom. The summed E-state index contributed by atoms with van der Waals surface area (Å²) in [5.74, 6) is 0.479. The molecule has 1 saturated carbocycles. The lowest BCUT2D eigenvalue weighted by atomic mass is 10.1. The van der Waals surface area contributed by atoms with Gasteiger partial charge in [0.05, 0.1) is 15.2 Å². The highest BCUT2D eigenvalue weighted by Crippen LogP contribution is 2.38. The highest BCUT2D eigenvalue weighted by atomic mass is 32.1. The summed E-state index contributed by atoms with van der Waals surface area (Å²) in [6.07, 6.45) is 4.20. The number of fused-ring (bicyclic) bond motifs is 1. The number of para-hydroxylation sites is 1. The lowest BCUT2D eigenvalue weighted by molar-refractivity contribution is -0.122. The van der Waals surface area contributed by atoms with Gasteiger partial charge in [0, 0.05) is 31.8 Å². The molecule has 0 aliphatic heterocycles. The van der Waals surface area contributed by atoms with E-state index in [9.17, 15) is 9.59 Å². The summed E-state index contributed by atoms with van der Waals surface area (Å²) in [4.78, 5) is 27.5. The van der Waals surface area contributed by atoms with E-state index in [4.69, 9.17) is 4.98 Å². The van der Waals surface area contributed by atoms with Crippen molar-refractivity contribution in [2.75, 3.05) is 6.54 Å². The molecular formula is C18H23N3O2S. The van der Waals surface area contributed by atoms with E-state index >= 15 is 0 Å². The van der Waals surface area contributed by atoms with Gasteiger partial charge in [0.15, 0.2) is 0 Å². The Kier molecular flexibility index (Phi) is 5.45. The molecule has 0 saturated heterocycles. The molecule has 1 aromatic heterocycles. The lowest BCUT2D eigenvalue weighted by Gasteiger charge is -2.12. The van der Waals surface area contributed by atoms with Crippen LogP contribution in [0.3, 0.4) is 0 Å². The maximum Gasteiger partial charge on any atom is 0.220 e. The number of benzene rings is 1. The van der Waals surface area contributed by atoms with Gasteiger partial charge in [0.2, 0.25) is 11.8 Å². The van der Waals surface area contributed by atoms with E-state index in [2.05, 4.69) is 22.8 Å². The van der Waals surface area contributed by atoms with Gasteiger partial charge in [-0.2, -0.15) is 0 Å². The summed E-state index contributed by atoms with van der Waals surface area (Å²) in [6.45, 7) is 2.04. The van der Waals surface area contributed by atoms with E-state index in [1.165, 1.54) is 16.6 Å². The molecule has 1 heterocycles. The van der Waals surface area contributed by atoms with Crippen molar-refractivity contribution in [1.29, 1.82) is 0 Å². The highest BCUT2D eigenvalue weighted by Gasteiger charge is 2.29. The Morgan fingerprint density at radius 1 is 1.29 bits per heavy atom. The fourth-order valence-corrected chi connectivity index (χ4v) is 4.33. The number of rotatable bonds is 6. The van der Waals surface area contributed by atoms with Crippen LogP contribution in [-0.2, 0) is 9.59 Å². The van der Waals surface area contributed by atoms with E-state index in [0.29, 0.717) is 25.3 Å². The lowest BCUT2D eigenvalue weighted by Crippen LogP contribution is -2.33. The van der Waals surface area contributed by atoms with Crippen molar-refractivity contribution in [2.45, 2.75) is 51.0 Å². The molecule has 24 heavy (non-hydrogen) atoms. The van der Waals surface area contributed by atoms with Gasteiger partial charge in [-0.05, 0) is 37.8 Å². The first-order valence-electron chi connectivity index (χ1n) is 8.51. The number of carbonyl (C=O) groups is 2. The van der Waals surface area contributed by atoms with Crippen LogP contribution in [0.1, 0.15) is 50.0 Å². The zero-order valence-corrected chi connectivity index (χ0v) is 14.7. The Morgan fingerprint density at radius 3 is 2.92 bits per heavy atom. The predicted octanol–water partition coefficient (Wildman–Crippen LogP) is 2.96. The number of hydrogen-bond donors (Lipinski definition) is 2. The minimum absolute atomic E-state index is 0.0510. The number of nitrogens with one attached hydrogen (secondary N) is 2. The molecule has 6 heteroatoms. The Bertz CT molecular complexity index is 695. The second kappa shape index (κ2) is 7.75. The SMILES string of the molecule is CC(=O)NCCCC(=O)N[C@H]1CC[C@H](c2nc3ccccc3s2)C1. The molecule has 1 aliphatic carbocycles. The summed E-state index contributed by atoms with van der Waals surface area (Å²) >= 11 is 1.77. The van der Waals surface area contributed by atoms with Crippen LogP contribution in [0.5, 0.6) is 0 Å². The average Bonchev–Trinajstić information content (AvgIpc) is 3.17. The van der Waals surface area contributed by atoms with Crippen LogP contribution in [0.2, 0.25) is 0 Å². The van der Waals surface area contributed by atoms with Gasteiger partial charge in [-0.1, -0.05) is 12.1 Å². The zero-order valence-electron chi connectivity index (χ0n) is 13.9. The monoisotopic (exact) mass is 345 g/mol.